The fourth-order valence-corrected chi connectivity index (χ4v) is 3.81. The highest BCUT2D eigenvalue weighted by Gasteiger charge is 2.53. The van der Waals surface area contributed by atoms with Gasteiger partial charge in [0, 0.05) is 6.26 Å². The summed E-state index contributed by atoms with van der Waals surface area (Å²) < 4.78 is 22.3. The van der Waals surface area contributed by atoms with E-state index in [4.69, 9.17) is 11.6 Å². The molecule has 1 aromatic carbocycles. The Bertz CT molecular complexity index is 691. The van der Waals surface area contributed by atoms with Crippen LogP contribution >= 0.6 is 11.6 Å². The molecule has 0 heterocycles. The van der Waals surface area contributed by atoms with Crippen molar-refractivity contribution >= 4 is 33.0 Å². The Morgan fingerprint density at radius 1 is 1.30 bits per heavy atom. The van der Waals surface area contributed by atoms with Gasteiger partial charge in [-0.3, -0.25) is 4.79 Å². The molecule has 1 aliphatic carbocycles. The van der Waals surface area contributed by atoms with Gasteiger partial charge in [0.25, 0.3) is 0 Å². The highest BCUT2D eigenvalue weighted by atomic mass is 35.5. The van der Waals surface area contributed by atoms with Crippen LogP contribution in [0, 0.1) is 5.92 Å². The molecular formula is C14H13ClO4S. The van der Waals surface area contributed by atoms with Crippen molar-refractivity contribution in [3.05, 3.63) is 54.1 Å². The molecule has 6 heteroatoms. The number of benzene rings is 1. The lowest BCUT2D eigenvalue weighted by atomic mass is 9.88. The van der Waals surface area contributed by atoms with E-state index in [1.807, 2.05) is 0 Å². The topological polar surface area (TPSA) is 71.4 Å². The van der Waals surface area contributed by atoms with Crippen LogP contribution in [0.1, 0.15) is 5.56 Å². The maximum atomic E-state index is 12.1. The third-order valence-corrected chi connectivity index (χ3v) is 6.06. The Labute approximate surface area is 122 Å². The lowest BCUT2D eigenvalue weighted by Gasteiger charge is -2.34. The monoisotopic (exact) mass is 312 g/mol. The average Bonchev–Trinajstić information content (AvgIpc) is 2.38. The van der Waals surface area contributed by atoms with Crippen molar-refractivity contribution < 1.29 is 18.3 Å². The Morgan fingerprint density at radius 2 is 1.90 bits per heavy atom. The third kappa shape index (κ3) is 2.27. The summed E-state index contributed by atoms with van der Waals surface area (Å²) in [5.41, 5.74) is 0.862. The van der Waals surface area contributed by atoms with Gasteiger partial charge in [-0.2, -0.15) is 0 Å². The lowest BCUT2D eigenvalue weighted by Crippen LogP contribution is -2.45. The second-order valence-electron chi connectivity index (χ2n) is 4.56. The first-order valence-electron chi connectivity index (χ1n) is 5.84. The molecule has 0 saturated heterocycles. The van der Waals surface area contributed by atoms with Crippen molar-refractivity contribution in [3.8, 4) is 0 Å². The molecule has 0 aromatic heterocycles. The van der Waals surface area contributed by atoms with Crippen LogP contribution in [0.2, 0.25) is 0 Å². The highest BCUT2D eigenvalue weighted by molar-refractivity contribution is 7.94. The van der Waals surface area contributed by atoms with E-state index in [1.54, 1.807) is 36.4 Å². The number of carbonyl (C=O) groups is 1. The summed E-state index contributed by atoms with van der Waals surface area (Å²) in [5, 5.41) is 9.27. The number of hydrogen-bond acceptors (Lipinski definition) is 3. The number of hydrogen-bond donors (Lipinski definition) is 1. The van der Waals surface area contributed by atoms with Crippen molar-refractivity contribution in [2.45, 2.75) is 4.21 Å². The lowest BCUT2D eigenvalue weighted by molar-refractivity contribution is -0.140. The van der Waals surface area contributed by atoms with Crippen LogP contribution < -0.4 is 0 Å². The van der Waals surface area contributed by atoms with Gasteiger partial charge in [0.1, 0.15) is 5.92 Å². The van der Waals surface area contributed by atoms with E-state index in [2.05, 4.69) is 0 Å². The SMILES string of the molecule is CS(=O)(=O)C1(Cl)C(c2ccccc2)=CC=CC1C(=O)O. The molecule has 2 rings (SSSR count). The minimum atomic E-state index is -3.85. The fraction of sp³-hybridized carbons (Fsp3) is 0.214. The van der Waals surface area contributed by atoms with Crippen LogP contribution in [0.3, 0.4) is 0 Å². The molecule has 4 nitrogen and oxygen atoms in total. The van der Waals surface area contributed by atoms with Gasteiger partial charge in [-0.15, -0.1) is 0 Å². The van der Waals surface area contributed by atoms with Crippen molar-refractivity contribution in [1.29, 1.82) is 0 Å². The minimum Gasteiger partial charge on any atom is -0.481 e. The predicted molar refractivity (Wildman–Crippen MR) is 78.1 cm³/mol. The molecule has 2 atom stereocenters. The molecule has 0 saturated carbocycles. The molecule has 1 aliphatic rings. The summed E-state index contributed by atoms with van der Waals surface area (Å²) in [4.78, 5) is 11.4. The molecule has 0 radical (unpaired) electrons. The van der Waals surface area contributed by atoms with Crippen molar-refractivity contribution in [2.24, 2.45) is 5.92 Å². The average molecular weight is 313 g/mol. The molecule has 1 N–H and O–H groups in total. The van der Waals surface area contributed by atoms with Crippen molar-refractivity contribution in [3.63, 3.8) is 0 Å². The van der Waals surface area contributed by atoms with E-state index >= 15 is 0 Å². The number of aliphatic carboxylic acids is 1. The molecule has 20 heavy (non-hydrogen) atoms. The quantitative estimate of drug-likeness (QED) is 0.869. The smallest absolute Gasteiger partial charge is 0.313 e. The Morgan fingerprint density at radius 3 is 2.40 bits per heavy atom. The van der Waals surface area contributed by atoms with Crippen LogP contribution in [0.15, 0.2) is 48.6 Å². The number of carboxylic acids is 1. The zero-order valence-electron chi connectivity index (χ0n) is 10.7. The first-order chi connectivity index (χ1) is 9.28. The van der Waals surface area contributed by atoms with Gasteiger partial charge < -0.3 is 5.11 Å². The summed E-state index contributed by atoms with van der Waals surface area (Å²) in [5.74, 6) is -2.61. The Hall–Kier alpha value is -1.59. The maximum Gasteiger partial charge on any atom is 0.313 e. The van der Waals surface area contributed by atoms with Crippen LogP contribution in [-0.4, -0.2) is 30.0 Å². The van der Waals surface area contributed by atoms with Crippen LogP contribution in [0.25, 0.3) is 5.57 Å². The van der Waals surface area contributed by atoms with E-state index in [0.717, 1.165) is 6.26 Å². The maximum absolute atomic E-state index is 12.1. The first-order valence-corrected chi connectivity index (χ1v) is 8.11. The molecule has 2 unspecified atom stereocenters. The van der Waals surface area contributed by atoms with E-state index < -0.39 is 25.9 Å². The van der Waals surface area contributed by atoms with Gasteiger partial charge >= 0.3 is 5.97 Å². The van der Waals surface area contributed by atoms with Gasteiger partial charge in [-0.1, -0.05) is 60.2 Å². The third-order valence-electron chi connectivity index (χ3n) is 3.22. The van der Waals surface area contributed by atoms with Gasteiger partial charge in [0.15, 0.2) is 14.0 Å². The van der Waals surface area contributed by atoms with Gasteiger partial charge in [0.05, 0.1) is 0 Å². The molecule has 0 spiro atoms. The van der Waals surface area contributed by atoms with E-state index in [0.29, 0.717) is 5.56 Å². The Balaban J connectivity index is 2.69. The van der Waals surface area contributed by atoms with E-state index in [9.17, 15) is 18.3 Å². The zero-order valence-corrected chi connectivity index (χ0v) is 12.2. The van der Waals surface area contributed by atoms with Crippen LogP contribution in [0.4, 0.5) is 0 Å². The van der Waals surface area contributed by atoms with E-state index in [1.165, 1.54) is 12.2 Å². The standard InChI is InChI=1S/C14H13ClO4S/c1-20(18,19)14(15)11(10-6-3-2-4-7-10)8-5-9-12(14)13(16)17/h2-9,12H,1H3,(H,16,17). The first kappa shape index (κ1) is 14.8. The van der Waals surface area contributed by atoms with Gasteiger partial charge in [-0.05, 0) is 11.1 Å². The second-order valence-corrected chi connectivity index (χ2v) is 7.57. The summed E-state index contributed by atoms with van der Waals surface area (Å²) in [7, 11) is -3.85. The summed E-state index contributed by atoms with van der Waals surface area (Å²) >= 11 is 6.32. The molecule has 0 aliphatic heterocycles. The van der Waals surface area contributed by atoms with Crippen molar-refractivity contribution in [1.82, 2.24) is 0 Å². The molecule has 0 amide bonds. The molecule has 0 bridgehead atoms. The fourth-order valence-electron chi connectivity index (χ4n) is 2.25. The van der Waals surface area contributed by atoms with Crippen LogP contribution in [-0.2, 0) is 14.6 Å². The number of carboxylic acid groups (broad SMARTS) is 1. The Kier molecular flexibility index (Phi) is 3.75. The normalized spacial score (nSPS) is 26.1. The summed E-state index contributed by atoms with van der Waals surface area (Å²) in [6.45, 7) is 0. The number of alkyl halides is 1. The second kappa shape index (κ2) is 5.07. The van der Waals surface area contributed by atoms with Crippen molar-refractivity contribution in [2.75, 3.05) is 6.26 Å². The largest absolute Gasteiger partial charge is 0.481 e. The zero-order chi connectivity index (χ0) is 15.0. The molecule has 106 valence electrons. The van der Waals surface area contributed by atoms with E-state index in [-0.39, 0.29) is 5.57 Å². The number of rotatable bonds is 3. The molecule has 1 aromatic rings. The number of halogens is 1. The van der Waals surface area contributed by atoms with Gasteiger partial charge in [-0.25, -0.2) is 8.42 Å². The highest BCUT2D eigenvalue weighted by Crippen LogP contribution is 2.46. The van der Waals surface area contributed by atoms with Crippen LogP contribution in [0.5, 0.6) is 0 Å². The molecule has 0 fully saturated rings. The predicted octanol–water partition coefficient (Wildman–Crippen LogP) is 2.32. The number of allylic oxidation sites excluding steroid dienone is 2. The number of sulfone groups is 1. The van der Waals surface area contributed by atoms with Gasteiger partial charge in [0.2, 0.25) is 0 Å². The summed E-state index contributed by atoms with van der Waals surface area (Å²) in [6.07, 6.45) is 5.31. The minimum absolute atomic E-state index is 0.275. The summed E-state index contributed by atoms with van der Waals surface area (Å²) in [6, 6.07) is 8.67. The molecular weight excluding hydrogens is 300 g/mol.